The normalized spacial score (nSPS) is 39.4. The SMILES string of the molecule is C=C1CC[C@H]2[C@@]3(CN=[N+]=[N-])C[C@]3([C@@]3(C)Cc4cnn(-c5ccc(F)cc5)c4C[C@@H]3CO)CC[C@]12C. The highest BCUT2D eigenvalue weighted by molar-refractivity contribution is 5.41. The van der Waals surface area contributed by atoms with Gasteiger partial charge in [-0.05, 0) is 114 Å². The minimum atomic E-state index is -0.265. The maximum atomic E-state index is 13.5. The van der Waals surface area contributed by atoms with E-state index < -0.39 is 0 Å². The summed E-state index contributed by atoms with van der Waals surface area (Å²) in [5.74, 6) is 0.285. The van der Waals surface area contributed by atoms with Gasteiger partial charge in [0, 0.05) is 23.8 Å². The first kappa shape index (κ1) is 22.8. The lowest BCUT2D eigenvalue weighted by molar-refractivity contribution is -0.0563. The third kappa shape index (κ3) is 2.80. The van der Waals surface area contributed by atoms with Crippen molar-refractivity contribution in [3.05, 3.63) is 70.1 Å². The summed E-state index contributed by atoms with van der Waals surface area (Å²) >= 11 is 0. The fourth-order valence-corrected chi connectivity index (χ4v) is 9.10. The highest BCUT2D eigenvalue weighted by atomic mass is 19.1. The van der Waals surface area contributed by atoms with Crippen LogP contribution in [-0.2, 0) is 12.8 Å². The largest absolute Gasteiger partial charge is 0.396 e. The molecule has 3 saturated carbocycles. The molecule has 4 aliphatic carbocycles. The minimum absolute atomic E-state index is 0.0295. The van der Waals surface area contributed by atoms with Crippen molar-refractivity contribution in [1.29, 1.82) is 0 Å². The maximum Gasteiger partial charge on any atom is 0.123 e. The van der Waals surface area contributed by atoms with Crippen LogP contribution in [0.5, 0.6) is 0 Å². The zero-order valence-corrected chi connectivity index (χ0v) is 20.7. The van der Waals surface area contributed by atoms with Crippen LogP contribution in [0.15, 0.2) is 47.7 Å². The molecule has 0 unspecified atom stereocenters. The Kier molecular flexibility index (Phi) is 4.85. The number of halogens is 1. The van der Waals surface area contributed by atoms with Crippen LogP contribution in [0.1, 0.15) is 57.2 Å². The van der Waals surface area contributed by atoms with Gasteiger partial charge < -0.3 is 5.11 Å². The summed E-state index contributed by atoms with van der Waals surface area (Å²) in [6.07, 6.45) is 8.96. The smallest absolute Gasteiger partial charge is 0.123 e. The van der Waals surface area contributed by atoms with Crippen molar-refractivity contribution in [2.24, 2.45) is 38.6 Å². The highest BCUT2D eigenvalue weighted by Gasteiger charge is 2.81. The van der Waals surface area contributed by atoms with E-state index in [4.69, 9.17) is 0 Å². The number of nitrogens with zero attached hydrogens (tertiary/aromatic N) is 5. The number of rotatable bonds is 5. The van der Waals surface area contributed by atoms with Gasteiger partial charge >= 0.3 is 0 Å². The van der Waals surface area contributed by atoms with Gasteiger partial charge in [-0.1, -0.05) is 31.1 Å². The fourth-order valence-electron chi connectivity index (χ4n) is 9.10. The second-order valence-electron chi connectivity index (χ2n) is 12.1. The lowest BCUT2D eigenvalue weighted by atomic mass is 9.49. The van der Waals surface area contributed by atoms with Gasteiger partial charge in [-0.25, -0.2) is 9.07 Å². The fraction of sp³-hybridized carbons (Fsp3) is 0.607. The Hall–Kier alpha value is -2.63. The van der Waals surface area contributed by atoms with E-state index >= 15 is 0 Å². The topological polar surface area (TPSA) is 86.8 Å². The van der Waals surface area contributed by atoms with Crippen LogP contribution < -0.4 is 0 Å². The number of aliphatic hydroxyl groups is 1. The van der Waals surface area contributed by atoms with Gasteiger partial charge in [-0.2, -0.15) is 5.10 Å². The summed E-state index contributed by atoms with van der Waals surface area (Å²) in [6, 6.07) is 6.43. The zero-order valence-electron chi connectivity index (χ0n) is 20.7. The summed E-state index contributed by atoms with van der Waals surface area (Å²) in [5, 5.41) is 19.6. The van der Waals surface area contributed by atoms with Crippen molar-refractivity contribution >= 4 is 0 Å². The molecule has 0 saturated heterocycles. The van der Waals surface area contributed by atoms with Crippen LogP contribution in [0.4, 0.5) is 4.39 Å². The molecular formula is C28H34FN5O. The Balaban J connectivity index is 1.42. The van der Waals surface area contributed by atoms with Crippen LogP contribution in [0, 0.1) is 39.3 Å². The quantitative estimate of drug-likeness (QED) is 0.242. The number of hydrogen-bond donors (Lipinski definition) is 1. The van der Waals surface area contributed by atoms with E-state index in [9.17, 15) is 15.0 Å². The van der Waals surface area contributed by atoms with Crippen molar-refractivity contribution in [3.8, 4) is 5.69 Å². The number of fused-ring (bicyclic) bond motifs is 4. The molecule has 0 amide bonds. The monoisotopic (exact) mass is 475 g/mol. The molecule has 1 aromatic heterocycles. The number of aromatic nitrogens is 2. The molecule has 6 rings (SSSR count). The van der Waals surface area contributed by atoms with Crippen molar-refractivity contribution in [1.82, 2.24) is 9.78 Å². The van der Waals surface area contributed by atoms with Crippen LogP contribution >= 0.6 is 0 Å². The molecule has 4 aliphatic rings. The van der Waals surface area contributed by atoms with Gasteiger partial charge in [0.1, 0.15) is 5.82 Å². The first-order valence-electron chi connectivity index (χ1n) is 12.9. The minimum Gasteiger partial charge on any atom is -0.396 e. The summed E-state index contributed by atoms with van der Waals surface area (Å²) in [4.78, 5) is 3.19. The predicted molar refractivity (Wildman–Crippen MR) is 132 cm³/mol. The van der Waals surface area contributed by atoms with E-state index in [0.717, 1.165) is 56.3 Å². The first-order valence-corrected chi connectivity index (χ1v) is 12.9. The molecule has 7 heteroatoms. The Labute approximate surface area is 205 Å². The summed E-state index contributed by atoms with van der Waals surface area (Å²) in [7, 11) is 0. The van der Waals surface area contributed by atoms with E-state index in [1.54, 1.807) is 12.1 Å². The lowest BCUT2D eigenvalue weighted by Crippen LogP contribution is -2.52. The van der Waals surface area contributed by atoms with Crippen LogP contribution in [0.25, 0.3) is 16.1 Å². The number of azide groups is 1. The Morgan fingerprint density at radius 2 is 2.06 bits per heavy atom. The zero-order chi connectivity index (χ0) is 24.6. The maximum absolute atomic E-state index is 13.5. The second kappa shape index (κ2) is 7.44. The van der Waals surface area contributed by atoms with Gasteiger partial charge in [-0.15, -0.1) is 0 Å². The van der Waals surface area contributed by atoms with Gasteiger partial charge in [0.25, 0.3) is 0 Å². The van der Waals surface area contributed by atoms with Gasteiger partial charge in [0.2, 0.25) is 0 Å². The Bertz CT molecular complexity index is 1250. The molecule has 6 atom stereocenters. The van der Waals surface area contributed by atoms with Crippen molar-refractivity contribution in [3.63, 3.8) is 0 Å². The van der Waals surface area contributed by atoms with Crippen molar-refractivity contribution in [2.75, 3.05) is 13.2 Å². The number of allylic oxidation sites excluding steroid dienone is 1. The summed E-state index contributed by atoms with van der Waals surface area (Å²) < 4.78 is 15.4. The van der Waals surface area contributed by atoms with Gasteiger partial charge in [0.05, 0.1) is 11.9 Å². The molecule has 3 fully saturated rings. The molecule has 35 heavy (non-hydrogen) atoms. The Morgan fingerprint density at radius 1 is 1.29 bits per heavy atom. The number of benzene rings is 1. The molecule has 0 aliphatic heterocycles. The molecule has 1 heterocycles. The van der Waals surface area contributed by atoms with Crippen LogP contribution in [0.3, 0.4) is 0 Å². The third-order valence-electron chi connectivity index (χ3n) is 11.1. The van der Waals surface area contributed by atoms with E-state index in [1.807, 2.05) is 10.9 Å². The number of hydrogen-bond acceptors (Lipinski definition) is 3. The van der Waals surface area contributed by atoms with E-state index in [0.29, 0.717) is 12.5 Å². The van der Waals surface area contributed by atoms with Crippen LogP contribution in [0.2, 0.25) is 0 Å². The predicted octanol–water partition coefficient (Wildman–Crippen LogP) is 6.18. The molecule has 1 aromatic carbocycles. The van der Waals surface area contributed by atoms with Crippen molar-refractivity contribution < 1.29 is 9.50 Å². The summed E-state index contributed by atoms with van der Waals surface area (Å²) in [6.45, 7) is 9.84. The third-order valence-corrected chi connectivity index (χ3v) is 11.1. The first-order chi connectivity index (χ1) is 16.7. The van der Waals surface area contributed by atoms with Gasteiger partial charge in [0.15, 0.2) is 0 Å². The Morgan fingerprint density at radius 3 is 2.77 bits per heavy atom. The average Bonchev–Trinajstić information content (AvgIpc) is 3.23. The van der Waals surface area contributed by atoms with E-state index in [1.165, 1.54) is 23.3 Å². The van der Waals surface area contributed by atoms with E-state index in [2.05, 4.69) is 35.6 Å². The molecule has 1 N–H and O–H groups in total. The number of aliphatic hydroxyl groups excluding tert-OH is 1. The van der Waals surface area contributed by atoms with Crippen molar-refractivity contribution in [2.45, 2.75) is 58.8 Å². The van der Waals surface area contributed by atoms with Crippen LogP contribution in [-0.4, -0.2) is 28.0 Å². The molecule has 0 bridgehead atoms. The molecule has 0 radical (unpaired) electrons. The lowest BCUT2D eigenvalue weighted by Gasteiger charge is -2.55. The average molecular weight is 476 g/mol. The molecule has 6 nitrogen and oxygen atoms in total. The molecular weight excluding hydrogens is 441 g/mol. The highest BCUT2D eigenvalue weighted by Crippen LogP contribution is 2.86. The molecule has 184 valence electrons. The summed E-state index contributed by atoms with van der Waals surface area (Å²) in [5.41, 5.74) is 13.8. The molecule has 0 spiro atoms. The standard InChI is InChI=1S/C28H34FN5O/c1-18-4-9-24-25(18,2)10-11-28(16-27(24,28)17-31-33-30)26(3)13-19-14-32-34(23(19)12-20(26)15-35)22-7-5-21(29)6-8-22/h5-8,14,20,24,35H,1,4,9-13,15-17H2,2-3H3/t20-,24-,25-,26+,27+,28+/m1/s1. The van der Waals surface area contributed by atoms with E-state index in [-0.39, 0.29) is 40.0 Å². The van der Waals surface area contributed by atoms with Gasteiger partial charge in [-0.3, -0.25) is 0 Å². The second-order valence-corrected chi connectivity index (χ2v) is 12.1. The molecule has 2 aromatic rings.